The minimum atomic E-state index is -2.62. The topological polar surface area (TPSA) is 26.3 Å². The van der Waals surface area contributed by atoms with Crippen LogP contribution in [0.15, 0.2) is 33.6 Å². The predicted octanol–water partition coefficient (Wildman–Crippen LogP) is 12.9. The Kier molecular flexibility index (Phi) is 7.89. The lowest BCUT2D eigenvalue weighted by Crippen LogP contribution is -2.04. The van der Waals surface area contributed by atoms with E-state index in [1.54, 1.807) is 6.08 Å². The fourth-order valence-corrected chi connectivity index (χ4v) is 6.09. The molecule has 0 atom stereocenters. The van der Waals surface area contributed by atoms with E-state index in [9.17, 15) is 35.1 Å². The van der Waals surface area contributed by atoms with Gasteiger partial charge in [0.25, 0.3) is 0 Å². The quantitative estimate of drug-likeness (QED) is 0.0547. The predicted molar refractivity (Wildman–Crippen MR) is 157 cm³/mol. The third kappa shape index (κ3) is 4.43. The third-order valence-electron chi connectivity index (χ3n) is 8.26. The molecule has 0 radical (unpaired) electrons. The molecule has 2 heterocycles. The number of benzene rings is 6. The molecule has 0 N–H and O–H groups in total. The van der Waals surface area contributed by atoms with Crippen LogP contribution >= 0.6 is 0 Å². The molecule has 0 aliphatic carbocycles. The third-order valence-corrected chi connectivity index (χ3v) is 8.26. The van der Waals surface area contributed by atoms with Gasteiger partial charge in [0.15, 0.2) is 80.9 Å². The second kappa shape index (κ2) is 11.8. The zero-order valence-corrected chi connectivity index (χ0v) is 25.3. The molecule has 0 spiro atoms. The minimum absolute atomic E-state index is 0.469. The first kappa shape index (κ1) is 35.5. The summed E-state index contributed by atoms with van der Waals surface area (Å²) in [5.74, 6) is -40.1. The lowest BCUT2D eigenvalue weighted by atomic mass is 9.97. The number of rotatable bonds is 1. The molecular weight excluding hydrogens is 756 g/mol. The summed E-state index contributed by atoms with van der Waals surface area (Å²) in [5, 5.41) is -16.1. The van der Waals surface area contributed by atoms with Crippen molar-refractivity contribution in [2.45, 2.75) is 6.92 Å². The van der Waals surface area contributed by atoms with Crippen molar-refractivity contribution in [3.8, 4) is 11.5 Å². The summed E-state index contributed by atoms with van der Waals surface area (Å²) in [7, 11) is 0. The normalized spacial score (nSPS) is 11.9. The van der Waals surface area contributed by atoms with E-state index in [2.05, 4.69) is 6.58 Å². The molecule has 0 aliphatic rings. The van der Waals surface area contributed by atoms with Crippen molar-refractivity contribution >= 4 is 65.0 Å². The van der Waals surface area contributed by atoms with Crippen molar-refractivity contribution in [3.05, 3.63) is 118 Å². The lowest BCUT2D eigenvalue weighted by molar-refractivity contribution is 0.415. The average molecular weight is 764 g/mol. The van der Waals surface area contributed by atoms with Crippen LogP contribution in [-0.4, -0.2) is 0 Å². The largest absolute Gasteiger partial charge is 0.450 e. The maximum absolute atomic E-state index is 15.7. The van der Waals surface area contributed by atoms with Crippen molar-refractivity contribution in [3.63, 3.8) is 0 Å². The summed E-state index contributed by atoms with van der Waals surface area (Å²) in [6, 6.07) is 0.937. The van der Waals surface area contributed by atoms with Crippen LogP contribution in [0.3, 0.4) is 0 Å². The summed E-state index contributed by atoms with van der Waals surface area (Å²) in [4.78, 5) is 0. The zero-order chi connectivity index (χ0) is 38.9. The van der Waals surface area contributed by atoms with Gasteiger partial charge in [-0.25, -0.2) is 61.5 Å². The zero-order valence-electron chi connectivity index (χ0n) is 25.3. The smallest absolute Gasteiger partial charge is 0.202 e. The van der Waals surface area contributed by atoms with Gasteiger partial charge in [-0.2, -0.15) is 8.78 Å². The van der Waals surface area contributed by atoms with E-state index in [0.29, 0.717) is 12.1 Å². The van der Waals surface area contributed by atoms with Gasteiger partial charge in [-0.3, -0.25) is 0 Å². The first-order valence-electron chi connectivity index (χ1n) is 14.2. The van der Waals surface area contributed by atoms with E-state index in [0.717, 1.165) is 0 Å². The van der Waals surface area contributed by atoms with Crippen LogP contribution in [0, 0.1) is 93.1 Å². The van der Waals surface area contributed by atoms with E-state index < -0.39 is 170 Å². The van der Waals surface area contributed by atoms with Crippen LogP contribution < -0.4 is 0 Å². The van der Waals surface area contributed by atoms with E-state index in [1.807, 2.05) is 6.92 Å². The molecule has 18 heteroatoms. The van der Waals surface area contributed by atoms with Gasteiger partial charge >= 0.3 is 0 Å². The van der Waals surface area contributed by atoms with Gasteiger partial charge in [-0.05, 0) is 19.1 Å². The summed E-state index contributed by atoms with van der Waals surface area (Å²) >= 11 is 0. The monoisotopic (exact) mass is 764 g/mol. The Hall–Kier alpha value is -5.94. The van der Waals surface area contributed by atoms with E-state index in [1.165, 1.54) is 0 Å². The van der Waals surface area contributed by atoms with Gasteiger partial charge in [-0.15, -0.1) is 6.58 Å². The minimum Gasteiger partial charge on any atom is -0.450 e. The SMILES string of the molecule is C=CC.Fc1c(F)c(F)c2c(F)c3c(c(F)c(F)c4oc(-c5cc6c(o5)c(F)c(F)c5c(F)c7c(F)c(F)c(F)c(F)c7c(F)c56)cc43)c(F)c2c1F. The second-order valence-corrected chi connectivity index (χ2v) is 11.1. The highest BCUT2D eigenvalue weighted by molar-refractivity contribution is 6.15. The number of furan rings is 2. The van der Waals surface area contributed by atoms with E-state index in [-0.39, 0.29) is 0 Å². The molecule has 6 aromatic carbocycles. The molecule has 53 heavy (non-hydrogen) atoms. The molecule has 0 amide bonds. The van der Waals surface area contributed by atoms with Gasteiger partial charge in [0.2, 0.25) is 11.6 Å². The number of fused-ring (bicyclic) bond motifs is 8. The van der Waals surface area contributed by atoms with Gasteiger partial charge in [0, 0.05) is 21.5 Å². The second-order valence-electron chi connectivity index (χ2n) is 11.1. The van der Waals surface area contributed by atoms with Crippen LogP contribution in [0.1, 0.15) is 6.92 Å². The number of hydrogen-bond acceptors (Lipinski definition) is 2. The first-order valence-corrected chi connectivity index (χ1v) is 14.2. The van der Waals surface area contributed by atoms with Crippen molar-refractivity contribution in [1.82, 2.24) is 0 Å². The Labute approximate surface area is 280 Å². The highest BCUT2D eigenvalue weighted by atomic mass is 19.2. The molecular formula is C35H8F16O2. The summed E-state index contributed by atoms with van der Waals surface area (Å²) < 4.78 is 247. The van der Waals surface area contributed by atoms with Gasteiger partial charge in [-0.1, -0.05) is 6.08 Å². The highest BCUT2D eigenvalue weighted by Crippen LogP contribution is 2.46. The highest BCUT2D eigenvalue weighted by Gasteiger charge is 2.35. The Morgan fingerprint density at radius 2 is 0.547 bits per heavy atom. The van der Waals surface area contributed by atoms with Crippen LogP contribution in [0.5, 0.6) is 0 Å². The van der Waals surface area contributed by atoms with Crippen molar-refractivity contribution in [1.29, 1.82) is 0 Å². The first-order chi connectivity index (χ1) is 24.9. The Morgan fingerprint density at radius 3 is 0.811 bits per heavy atom. The lowest BCUT2D eigenvalue weighted by Gasteiger charge is -2.12. The molecule has 0 fully saturated rings. The fourth-order valence-electron chi connectivity index (χ4n) is 6.09. The van der Waals surface area contributed by atoms with Crippen LogP contribution in [0.4, 0.5) is 70.2 Å². The molecule has 2 aromatic heterocycles. The summed E-state index contributed by atoms with van der Waals surface area (Å²) in [5.41, 5.74) is -2.69. The number of halogens is 16. The summed E-state index contributed by atoms with van der Waals surface area (Å²) in [6.45, 7) is 5.25. The van der Waals surface area contributed by atoms with Crippen LogP contribution in [0.25, 0.3) is 76.5 Å². The molecule has 0 bridgehead atoms. The standard InChI is InChI=1S/C32H2F16O2.C3H6/c33-15-7-3-1-5(49-31(3)29(47)23(41)9(7)17(35)13-11(15)19(37)25(43)27(45)21(13)39)6-2-4-8-10(24(42)30(48)32(4)50-6)18(36)14-12(16(8)34)20(38)26(44)28(46)22(14)40;1-3-2/h1-2H;3H,1H2,2H3. The fraction of sp³-hybridized carbons (Fsp3) is 0.0286. The Balaban J connectivity index is 0.00000140. The van der Waals surface area contributed by atoms with Crippen molar-refractivity contribution < 1.29 is 79.1 Å². The van der Waals surface area contributed by atoms with Gasteiger partial charge in [0.05, 0.1) is 32.3 Å². The van der Waals surface area contributed by atoms with Crippen molar-refractivity contribution in [2.24, 2.45) is 0 Å². The average Bonchev–Trinajstić information content (AvgIpc) is 3.77. The van der Waals surface area contributed by atoms with Gasteiger partial charge < -0.3 is 8.83 Å². The number of allylic oxidation sites excluding steroid dienone is 1. The van der Waals surface area contributed by atoms with Crippen molar-refractivity contribution in [2.75, 3.05) is 0 Å². The molecule has 0 aliphatic heterocycles. The number of hydrogen-bond donors (Lipinski definition) is 0. The van der Waals surface area contributed by atoms with Gasteiger partial charge in [0.1, 0.15) is 23.3 Å². The van der Waals surface area contributed by atoms with Crippen LogP contribution in [-0.2, 0) is 0 Å². The van der Waals surface area contributed by atoms with E-state index >= 15 is 35.1 Å². The van der Waals surface area contributed by atoms with Crippen LogP contribution in [0.2, 0.25) is 0 Å². The maximum Gasteiger partial charge on any atom is 0.202 e. The molecule has 0 saturated carbocycles. The molecule has 8 aromatic rings. The van der Waals surface area contributed by atoms with E-state index in [4.69, 9.17) is 8.83 Å². The Morgan fingerprint density at radius 1 is 0.340 bits per heavy atom. The molecule has 0 saturated heterocycles. The molecule has 8 rings (SSSR count). The summed E-state index contributed by atoms with van der Waals surface area (Å²) in [6.07, 6.45) is 1.75. The molecule has 0 unspecified atom stereocenters. The molecule has 2 nitrogen and oxygen atoms in total. The molecule has 272 valence electrons. The maximum atomic E-state index is 15.7. The Bertz CT molecular complexity index is 2800.